The van der Waals surface area contributed by atoms with E-state index in [9.17, 15) is 0 Å². The first-order valence-corrected chi connectivity index (χ1v) is 3.28. The summed E-state index contributed by atoms with van der Waals surface area (Å²) in [7, 11) is 1.67. The van der Waals surface area contributed by atoms with Gasteiger partial charge in [0.25, 0.3) is 0 Å². The van der Waals surface area contributed by atoms with Crippen LogP contribution in [0.15, 0.2) is 12.3 Å². The van der Waals surface area contributed by atoms with E-state index in [1.54, 1.807) is 11.8 Å². The second kappa shape index (κ2) is 2.84. The number of methoxy groups -OCH3 is 1. The van der Waals surface area contributed by atoms with Crippen molar-refractivity contribution >= 4 is 0 Å². The third-order valence-electron chi connectivity index (χ3n) is 1.46. The Morgan fingerprint density at radius 1 is 1.70 bits per heavy atom. The van der Waals surface area contributed by atoms with Gasteiger partial charge in [-0.3, -0.25) is 0 Å². The summed E-state index contributed by atoms with van der Waals surface area (Å²) in [5, 5.41) is 4.17. The number of hydrogen-bond acceptors (Lipinski definition) is 2. The molecule has 0 aliphatic rings. The topological polar surface area (TPSA) is 27.1 Å². The third kappa shape index (κ3) is 1.36. The first-order valence-electron chi connectivity index (χ1n) is 3.28. The Labute approximate surface area is 60.6 Å². The molecule has 3 nitrogen and oxygen atoms in total. The van der Waals surface area contributed by atoms with Crippen molar-refractivity contribution in [3.8, 4) is 0 Å². The highest BCUT2D eigenvalue weighted by atomic mass is 16.5. The van der Waals surface area contributed by atoms with Crippen molar-refractivity contribution in [1.29, 1.82) is 0 Å². The summed E-state index contributed by atoms with van der Waals surface area (Å²) >= 11 is 0. The molecule has 0 spiro atoms. The Hall–Kier alpha value is -0.830. The molecule has 1 unspecified atom stereocenters. The van der Waals surface area contributed by atoms with Crippen molar-refractivity contribution in [1.82, 2.24) is 9.78 Å². The lowest BCUT2D eigenvalue weighted by Crippen LogP contribution is -2.07. The monoisotopic (exact) mass is 140 g/mol. The van der Waals surface area contributed by atoms with Crippen molar-refractivity contribution in [3.05, 3.63) is 18.0 Å². The molecule has 3 heteroatoms. The molecule has 0 aromatic carbocycles. The van der Waals surface area contributed by atoms with Crippen molar-refractivity contribution in [2.45, 2.75) is 20.1 Å². The van der Waals surface area contributed by atoms with E-state index >= 15 is 0 Å². The van der Waals surface area contributed by atoms with Crippen LogP contribution in [0.5, 0.6) is 0 Å². The molecule has 0 radical (unpaired) electrons. The Morgan fingerprint density at radius 3 is 2.80 bits per heavy atom. The molecular formula is C7H12N2O. The summed E-state index contributed by atoms with van der Waals surface area (Å²) in [5.74, 6) is 0. The van der Waals surface area contributed by atoms with E-state index in [0.29, 0.717) is 0 Å². The number of rotatable bonds is 2. The van der Waals surface area contributed by atoms with Crippen LogP contribution >= 0.6 is 0 Å². The van der Waals surface area contributed by atoms with Gasteiger partial charge < -0.3 is 4.74 Å². The molecule has 1 rings (SSSR count). The lowest BCUT2D eigenvalue weighted by atomic mass is 10.5. The van der Waals surface area contributed by atoms with E-state index in [2.05, 4.69) is 5.10 Å². The first-order chi connectivity index (χ1) is 4.74. The average Bonchev–Trinajstić information content (AvgIpc) is 2.34. The van der Waals surface area contributed by atoms with Gasteiger partial charge in [-0.2, -0.15) is 5.10 Å². The molecule has 0 aliphatic carbocycles. The van der Waals surface area contributed by atoms with Crippen LogP contribution in [0.4, 0.5) is 0 Å². The Morgan fingerprint density at radius 2 is 2.40 bits per heavy atom. The van der Waals surface area contributed by atoms with Crippen LogP contribution < -0.4 is 0 Å². The number of aryl methyl sites for hydroxylation is 1. The van der Waals surface area contributed by atoms with Crippen molar-refractivity contribution in [3.63, 3.8) is 0 Å². The molecular weight excluding hydrogens is 128 g/mol. The smallest absolute Gasteiger partial charge is 0.146 e. The molecule has 0 aliphatic heterocycles. The van der Waals surface area contributed by atoms with Gasteiger partial charge in [-0.25, -0.2) is 4.68 Å². The van der Waals surface area contributed by atoms with Gasteiger partial charge in [0.05, 0.1) is 5.69 Å². The van der Waals surface area contributed by atoms with E-state index in [-0.39, 0.29) is 6.23 Å². The fourth-order valence-electron chi connectivity index (χ4n) is 0.744. The zero-order valence-electron chi connectivity index (χ0n) is 6.53. The van der Waals surface area contributed by atoms with E-state index < -0.39 is 0 Å². The maximum atomic E-state index is 5.05. The van der Waals surface area contributed by atoms with Crippen molar-refractivity contribution in [2.75, 3.05) is 7.11 Å². The van der Waals surface area contributed by atoms with Crippen molar-refractivity contribution < 1.29 is 4.74 Å². The van der Waals surface area contributed by atoms with Crippen LogP contribution in [-0.2, 0) is 4.74 Å². The van der Waals surface area contributed by atoms with Crippen LogP contribution in [0, 0.1) is 6.92 Å². The van der Waals surface area contributed by atoms with Gasteiger partial charge in [0.2, 0.25) is 0 Å². The molecule has 0 bridgehead atoms. The predicted molar refractivity (Wildman–Crippen MR) is 38.7 cm³/mol. The maximum Gasteiger partial charge on any atom is 0.146 e. The summed E-state index contributed by atoms with van der Waals surface area (Å²) in [6.45, 7) is 3.91. The molecule has 0 amide bonds. The fourth-order valence-corrected chi connectivity index (χ4v) is 0.744. The van der Waals surface area contributed by atoms with E-state index in [4.69, 9.17) is 4.74 Å². The van der Waals surface area contributed by atoms with E-state index in [0.717, 1.165) is 5.69 Å². The maximum absolute atomic E-state index is 5.05. The van der Waals surface area contributed by atoms with Gasteiger partial charge in [-0.1, -0.05) is 0 Å². The predicted octanol–water partition coefficient (Wildman–Crippen LogP) is 1.36. The molecule has 1 heterocycles. The molecule has 1 atom stereocenters. The van der Waals surface area contributed by atoms with Gasteiger partial charge in [0.15, 0.2) is 0 Å². The molecule has 0 saturated heterocycles. The highest BCUT2D eigenvalue weighted by Gasteiger charge is 2.00. The number of aromatic nitrogens is 2. The summed E-state index contributed by atoms with van der Waals surface area (Å²) < 4.78 is 6.84. The lowest BCUT2D eigenvalue weighted by molar-refractivity contribution is 0.0499. The average molecular weight is 140 g/mol. The molecule has 0 fully saturated rings. The normalized spacial score (nSPS) is 13.5. The number of nitrogens with zero attached hydrogens (tertiary/aromatic N) is 2. The summed E-state index contributed by atoms with van der Waals surface area (Å²) in [5.41, 5.74) is 1.02. The zero-order valence-corrected chi connectivity index (χ0v) is 6.53. The lowest BCUT2D eigenvalue weighted by Gasteiger charge is -2.08. The Balaban J connectivity index is 2.74. The van der Waals surface area contributed by atoms with Gasteiger partial charge in [-0.05, 0) is 19.9 Å². The van der Waals surface area contributed by atoms with E-state index in [1.807, 2.05) is 26.1 Å². The summed E-state index contributed by atoms with van der Waals surface area (Å²) in [6, 6.07) is 1.95. The van der Waals surface area contributed by atoms with Crippen LogP contribution in [0.25, 0.3) is 0 Å². The Kier molecular flexibility index (Phi) is 2.06. The molecule has 1 aromatic rings. The summed E-state index contributed by atoms with van der Waals surface area (Å²) in [6.07, 6.45) is 1.94. The minimum absolute atomic E-state index is 0.0358. The highest BCUT2D eigenvalue weighted by Crippen LogP contribution is 2.04. The van der Waals surface area contributed by atoms with Crippen LogP contribution in [-0.4, -0.2) is 16.9 Å². The molecule has 56 valence electrons. The first kappa shape index (κ1) is 7.28. The van der Waals surface area contributed by atoms with Gasteiger partial charge in [0.1, 0.15) is 6.23 Å². The number of ether oxygens (including phenoxy) is 1. The second-order valence-electron chi connectivity index (χ2n) is 2.27. The minimum atomic E-state index is 0.0358. The fraction of sp³-hybridized carbons (Fsp3) is 0.571. The second-order valence-corrected chi connectivity index (χ2v) is 2.27. The third-order valence-corrected chi connectivity index (χ3v) is 1.46. The zero-order chi connectivity index (χ0) is 7.56. The summed E-state index contributed by atoms with van der Waals surface area (Å²) in [4.78, 5) is 0. The standard InChI is InChI=1S/C7H12N2O/c1-6-4-5-9(8-6)7(2)10-3/h4-5,7H,1-3H3. The molecule has 0 saturated carbocycles. The molecule has 1 aromatic heterocycles. The van der Waals surface area contributed by atoms with Crippen molar-refractivity contribution in [2.24, 2.45) is 0 Å². The quantitative estimate of drug-likeness (QED) is 0.620. The molecule has 10 heavy (non-hydrogen) atoms. The van der Waals surface area contributed by atoms with Gasteiger partial charge in [0, 0.05) is 13.3 Å². The minimum Gasteiger partial charge on any atom is -0.360 e. The van der Waals surface area contributed by atoms with Gasteiger partial charge in [-0.15, -0.1) is 0 Å². The van der Waals surface area contributed by atoms with Gasteiger partial charge >= 0.3 is 0 Å². The molecule has 0 N–H and O–H groups in total. The SMILES string of the molecule is COC(C)n1ccc(C)n1. The van der Waals surface area contributed by atoms with Crippen LogP contribution in [0.3, 0.4) is 0 Å². The van der Waals surface area contributed by atoms with E-state index in [1.165, 1.54) is 0 Å². The largest absolute Gasteiger partial charge is 0.360 e. The van der Waals surface area contributed by atoms with Crippen LogP contribution in [0.2, 0.25) is 0 Å². The highest BCUT2D eigenvalue weighted by molar-refractivity contribution is 4.94. The van der Waals surface area contributed by atoms with Crippen LogP contribution in [0.1, 0.15) is 18.8 Å². The Bertz CT molecular complexity index is 207. The number of hydrogen-bond donors (Lipinski definition) is 0.